The Hall–Kier alpha value is 0.270. The molecule has 3 heteroatoms. The SMILES string of the molecule is OCC1CCSN1. The quantitative estimate of drug-likeness (QED) is 0.476. The van der Waals surface area contributed by atoms with E-state index in [0.717, 1.165) is 12.2 Å². The fourth-order valence-corrected chi connectivity index (χ4v) is 1.51. The maximum Gasteiger partial charge on any atom is 0.0593 e. The second-order valence-electron chi connectivity index (χ2n) is 1.63. The van der Waals surface area contributed by atoms with Gasteiger partial charge in [0.1, 0.15) is 0 Å². The third-order valence-electron chi connectivity index (χ3n) is 1.04. The van der Waals surface area contributed by atoms with Crippen molar-refractivity contribution in [3.05, 3.63) is 0 Å². The lowest BCUT2D eigenvalue weighted by molar-refractivity contribution is 0.260. The zero-order valence-corrected chi connectivity index (χ0v) is 4.87. The van der Waals surface area contributed by atoms with Gasteiger partial charge in [0.05, 0.1) is 6.61 Å². The van der Waals surface area contributed by atoms with E-state index in [-0.39, 0.29) is 6.61 Å². The highest BCUT2D eigenvalue weighted by Gasteiger charge is 2.11. The number of hydrogen-bond donors (Lipinski definition) is 2. The highest BCUT2D eigenvalue weighted by molar-refractivity contribution is 7.97. The Morgan fingerprint density at radius 2 is 2.71 bits per heavy atom. The van der Waals surface area contributed by atoms with Crippen LogP contribution in [0.2, 0.25) is 0 Å². The minimum absolute atomic E-state index is 0.285. The molecule has 1 aliphatic rings. The predicted molar refractivity (Wildman–Crippen MR) is 31.1 cm³/mol. The Balaban J connectivity index is 2.14. The Morgan fingerprint density at radius 3 is 3.00 bits per heavy atom. The van der Waals surface area contributed by atoms with Crippen LogP contribution in [0.3, 0.4) is 0 Å². The minimum atomic E-state index is 0.285. The second kappa shape index (κ2) is 2.55. The summed E-state index contributed by atoms with van der Waals surface area (Å²) in [7, 11) is 0. The van der Waals surface area contributed by atoms with Gasteiger partial charge in [-0.15, -0.1) is 0 Å². The Kier molecular flexibility index (Phi) is 1.97. The molecular formula is C4H9NOS. The van der Waals surface area contributed by atoms with Crippen LogP contribution in [0.25, 0.3) is 0 Å². The molecule has 0 radical (unpaired) electrons. The molecule has 1 rings (SSSR count). The summed E-state index contributed by atoms with van der Waals surface area (Å²) >= 11 is 1.70. The van der Waals surface area contributed by atoms with Crippen molar-refractivity contribution in [2.24, 2.45) is 0 Å². The monoisotopic (exact) mass is 119 g/mol. The average Bonchev–Trinajstić information content (AvgIpc) is 2.14. The van der Waals surface area contributed by atoms with Gasteiger partial charge >= 0.3 is 0 Å². The molecule has 7 heavy (non-hydrogen) atoms. The summed E-state index contributed by atoms with van der Waals surface area (Å²) in [4.78, 5) is 0. The fourth-order valence-electron chi connectivity index (χ4n) is 0.565. The van der Waals surface area contributed by atoms with Crippen molar-refractivity contribution in [3.63, 3.8) is 0 Å². The summed E-state index contributed by atoms with van der Waals surface area (Å²) in [6.45, 7) is 0.285. The molecule has 0 aliphatic carbocycles. The van der Waals surface area contributed by atoms with Gasteiger partial charge in [-0.1, -0.05) is 11.9 Å². The van der Waals surface area contributed by atoms with Crippen LogP contribution in [0.15, 0.2) is 0 Å². The predicted octanol–water partition coefficient (Wildman–Crippen LogP) is -0.0112. The Labute approximate surface area is 47.4 Å². The number of hydrogen-bond acceptors (Lipinski definition) is 3. The molecule has 0 aromatic carbocycles. The zero-order chi connectivity index (χ0) is 5.11. The van der Waals surface area contributed by atoms with Crippen LogP contribution in [0.4, 0.5) is 0 Å². The number of aliphatic hydroxyl groups excluding tert-OH is 1. The van der Waals surface area contributed by atoms with Crippen LogP contribution in [0.5, 0.6) is 0 Å². The third kappa shape index (κ3) is 1.33. The second-order valence-corrected chi connectivity index (χ2v) is 2.57. The first-order valence-corrected chi connectivity index (χ1v) is 3.40. The van der Waals surface area contributed by atoms with Gasteiger partial charge in [0.15, 0.2) is 0 Å². The summed E-state index contributed by atoms with van der Waals surface area (Å²) in [5, 5.41) is 8.49. The van der Waals surface area contributed by atoms with Crippen LogP contribution in [0, 0.1) is 0 Å². The number of rotatable bonds is 1. The van der Waals surface area contributed by atoms with E-state index < -0.39 is 0 Å². The fraction of sp³-hybridized carbons (Fsp3) is 1.00. The van der Waals surface area contributed by atoms with Gasteiger partial charge in [-0.3, -0.25) is 4.72 Å². The maximum absolute atomic E-state index is 8.49. The molecule has 1 saturated heterocycles. The molecule has 0 spiro atoms. The smallest absolute Gasteiger partial charge is 0.0593 e. The minimum Gasteiger partial charge on any atom is -0.395 e. The van der Waals surface area contributed by atoms with E-state index in [1.54, 1.807) is 11.9 Å². The van der Waals surface area contributed by atoms with Gasteiger partial charge in [-0.05, 0) is 6.42 Å². The van der Waals surface area contributed by atoms with Gasteiger partial charge in [0.2, 0.25) is 0 Å². The van der Waals surface area contributed by atoms with E-state index in [4.69, 9.17) is 5.11 Å². The molecule has 0 bridgehead atoms. The molecule has 1 heterocycles. The zero-order valence-electron chi connectivity index (χ0n) is 4.05. The van der Waals surface area contributed by atoms with Crippen LogP contribution < -0.4 is 4.72 Å². The lowest BCUT2D eigenvalue weighted by atomic mass is 10.3. The van der Waals surface area contributed by atoms with Crippen molar-refractivity contribution < 1.29 is 5.11 Å². The molecule has 1 unspecified atom stereocenters. The highest BCUT2D eigenvalue weighted by Crippen LogP contribution is 2.10. The molecule has 0 aromatic rings. The molecule has 0 saturated carbocycles. The summed E-state index contributed by atoms with van der Waals surface area (Å²) in [5.74, 6) is 1.14. The lowest BCUT2D eigenvalue weighted by Gasteiger charge is -2.00. The normalized spacial score (nSPS) is 31.3. The molecule has 0 amide bonds. The first-order valence-electron chi connectivity index (χ1n) is 2.41. The number of nitrogens with one attached hydrogen (secondary N) is 1. The van der Waals surface area contributed by atoms with Crippen molar-refractivity contribution in [1.82, 2.24) is 4.72 Å². The van der Waals surface area contributed by atoms with Crippen LogP contribution >= 0.6 is 11.9 Å². The van der Waals surface area contributed by atoms with E-state index in [0.29, 0.717) is 6.04 Å². The first kappa shape index (κ1) is 5.41. The highest BCUT2D eigenvalue weighted by atomic mass is 32.2. The summed E-state index contributed by atoms with van der Waals surface area (Å²) in [6.07, 6.45) is 1.11. The van der Waals surface area contributed by atoms with Gasteiger partial charge in [0.25, 0.3) is 0 Å². The van der Waals surface area contributed by atoms with Gasteiger partial charge in [0, 0.05) is 11.8 Å². The van der Waals surface area contributed by atoms with E-state index in [1.165, 1.54) is 0 Å². The largest absolute Gasteiger partial charge is 0.395 e. The molecule has 2 nitrogen and oxygen atoms in total. The van der Waals surface area contributed by atoms with Crippen molar-refractivity contribution in [2.75, 3.05) is 12.4 Å². The van der Waals surface area contributed by atoms with Gasteiger partial charge in [-0.2, -0.15) is 0 Å². The van der Waals surface area contributed by atoms with Crippen LogP contribution in [-0.2, 0) is 0 Å². The van der Waals surface area contributed by atoms with Crippen LogP contribution in [-0.4, -0.2) is 23.5 Å². The average molecular weight is 119 g/mol. The van der Waals surface area contributed by atoms with Crippen molar-refractivity contribution in [3.8, 4) is 0 Å². The standard InChI is InChI=1S/C4H9NOS/c6-3-4-1-2-7-5-4/h4-6H,1-3H2. The summed E-state index contributed by atoms with van der Waals surface area (Å²) in [5.41, 5.74) is 0. The van der Waals surface area contributed by atoms with Gasteiger partial charge in [-0.25, -0.2) is 0 Å². The molecule has 1 fully saturated rings. The molecular weight excluding hydrogens is 110 g/mol. The van der Waals surface area contributed by atoms with Crippen LogP contribution in [0.1, 0.15) is 6.42 Å². The number of aliphatic hydroxyl groups is 1. The van der Waals surface area contributed by atoms with E-state index >= 15 is 0 Å². The molecule has 1 aliphatic heterocycles. The first-order chi connectivity index (χ1) is 3.43. The topological polar surface area (TPSA) is 32.3 Å². The van der Waals surface area contributed by atoms with E-state index in [1.807, 2.05) is 0 Å². The Morgan fingerprint density at radius 1 is 1.86 bits per heavy atom. The van der Waals surface area contributed by atoms with Crippen molar-refractivity contribution in [2.45, 2.75) is 12.5 Å². The van der Waals surface area contributed by atoms with Gasteiger partial charge < -0.3 is 5.11 Å². The third-order valence-corrected chi connectivity index (χ3v) is 1.98. The van der Waals surface area contributed by atoms with E-state index in [9.17, 15) is 0 Å². The lowest BCUT2D eigenvalue weighted by Crippen LogP contribution is -2.20. The molecule has 1 atom stereocenters. The Bertz CT molecular complexity index is 53.7. The van der Waals surface area contributed by atoms with E-state index in [2.05, 4.69) is 4.72 Å². The molecule has 0 aromatic heterocycles. The van der Waals surface area contributed by atoms with Crippen molar-refractivity contribution >= 4 is 11.9 Å². The maximum atomic E-state index is 8.49. The molecule has 2 N–H and O–H groups in total. The summed E-state index contributed by atoms with van der Waals surface area (Å²) in [6, 6.07) is 0.366. The molecule has 42 valence electrons. The summed E-state index contributed by atoms with van der Waals surface area (Å²) < 4.78 is 3.07. The van der Waals surface area contributed by atoms with Crippen molar-refractivity contribution in [1.29, 1.82) is 0 Å².